The summed E-state index contributed by atoms with van der Waals surface area (Å²) in [5.74, 6) is 0. The Morgan fingerprint density at radius 1 is 1.11 bits per heavy atom. The fourth-order valence-corrected chi connectivity index (χ4v) is 2.50. The molecule has 2 aromatic carbocycles. The molecule has 0 spiro atoms. The lowest BCUT2D eigenvalue weighted by Crippen LogP contribution is -2.33. The minimum atomic E-state index is -2.12. The number of benzene rings is 2. The number of anilines is 1. The lowest BCUT2D eigenvalue weighted by molar-refractivity contribution is 0.383. The van der Waals surface area contributed by atoms with Gasteiger partial charge in [0, 0.05) is 29.2 Å². The number of hydrogen-bond donors (Lipinski definition) is 0. The van der Waals surface area contributed by atoms with Crippen molar-refractivity contribution in [3.05, 3.63) is 54.4 Å². The summed E-state index contributed by atoms with van der Waals surface area (Å²) in [6.07, 6.45) is 3.26. The second kappa shape index (κ2) is 4.05. The van der Waals surface area contributed by atoms with E-state index in [2.05, 4.69) is 31.2 Å². The molecule has 0 unspecified atom stereocenters. The van der Waals surface area contributed by atoms with Gasteiger partial charge in [-0.3, -0.25) is 0 Å². The van der Waals surface area contributed by atoms with Gasteiger partial charge in [-0.25, -0.2) is 0 Å². The Labute approximate surface area is 112 Å². The van der Waals surface area contributed by atoms with E-state index in [1.807, 2.05) is 30.2 Å². The summed E-state index contributed by atoms with van der Waals surface area (Å²) >= 11 is 0. The minimum Gasteiger partial charge on any atom is -0.359 e. The van der Waals surface area contributed by atoms with Crippen LogP contribution in [0.3, 0.4) is 0 Å². The van der Waals surface area contributed by atoms with Gasteiger partial charge in [0.15, 0.2) is 0 Å². The monoisotopic (exact) mass is 241 g/mol. The van der Waals surface area contributed by atoms with Crippen molar-refractivity contribution in [3.8, 4) is 0 Å². The molecule has 2 heteroatoms. The van der Waals surface area contributed by atoms with Crippen LogP contribution >= 0.6 is 0 Å². The van der Waals surface area contributed by atoms with Gasteiger partial charge in [0.25, 0.3) is 0 Å². The van der Waals surface area contributed by atoms with Crippen LogP contribution in [-0.4, -0.2) is 18.0 Å². The molecule has 0 bridgehead atoms. The first-order chi connectivity index (χ1) is 9.89. The summed E-state index contributed by atoms with van der Waals surface area (Å²) in [7, 11) is 0. The van der Waals surface area contributed by atoms with Crippen molar-refractivity contribution < 1.29 is 4.11 Å². The first kappa shape index (κ1) is 8.20. The molecule has 18 heavy (non-hydrogen) atoms. The Balaban J connectivity index is 2.03. The van der Waals surface area contributed by atoms with E-state index in [1.165, 1.54) is 15.7 Å². The van der Waals surface area contributed by atoms with Crippen LogP contribution in [0.5, 0.6) is 0 Å². The van der Waals surface area contributed by atoms with Crippen molar-refractivity contribution in [2.45, 2.75) is 20.0 Å². The number of fused-ring (bicyclic) bond motifs is 1. The van der Waals surface area contributed by atoms with Crippen LogP contribution < -0.4 is 4.90 Å². The second-order valence-electron chi connectivity index (χ2n) is 4.68. The van der Waals surface area contributed by atoms with Crippen molar-refractivity contribution in [1.82, 2.24) is 4.90 Å². The van der Waals surface area contributed by atoms with Gasteiger partial charge in [0.2, 0.25) is 0 Å². The van der Waals surface area contributed by atoms with Gasteiger partial charge >= 0.3 is 0 Å². The minimum absolute atomic E-state index is 0.225. The van der Waals surface area contributed by atoms with Crippen LogP contribution in [0.2, 0.25) is 0 Å². The maximum absolute atomic E-state index is 7.58. The van der Waals surface area contributed by atoms with Crippen LogP contribution in [0, 0.1) is 6.92 Å². The SMILES string of the molecule is [2H]C([2H])([2H])N1C=CN(c2ccc3ccccc3c2C)[C@H]1C. The molecule has 0 saturated heterocycles. The highest BCUT2D eigenvalue weighted by Crippen LogP contribution is 2.31. The molecule has 1 aliphatic rings. The molecular formula is C16H18N2. The molecule has 2 aromatic rings. The van der Waals surface area contributed by atoms with Crippen LogP contribution in [0.15, 0.2) is 48.8 Å². The second-order valence-corrected chi connectivity index (χ2v) is 4.68. The Kier molecular flexibility index (Phi) is 1.85. The summed E-state index contributed by atoms with van der Waals surface area (Å²) in [5.41, 5.74) is 2.21. The van der Waals surface area contributed by atoms with Gasteiger partial charge < -0.3 is 9.80 Å². The number of rotatable bonds is 1. The molecule has 0 radical (unpaired) electrons. The fourth-order valence-electron chi connectivity index (χ4n) is 2.50. The third-order valence-electron chi connectivity index (χ3n) is 3.64. The molecule has 0 N–H and O–H groups in total. The molecule has 92 valence electrons. The van der Waals surface area contributed by atoms with Crippen LogP contribution in [0.4, 0.5) is 5.69 Å². The van der Waals surface area contributed by atoms with E-state index in [9.17, 15) is 0 Å². The van der Waals surface area contributed by atoms with Crippen LogP contribution in [-0.2, 0) is 0 Å². The van der Waals surface area contributed by atoms with Gasteiger partial charge in [0.1, 0.15) is 6.17 Å². The molecule has 0 saturated carbocycles. The van der Waals surface area contributed by atoms with Crippen molar-refractivity contribution in [1.29, 1.82) is 0 Å². The molecule has 1 heterocycles. The predicted octanol–water partition coefficient (Wildman–Crippen LogP) is 3.72. The zero-order valence-corrected chi connectivity index (χ0v) is 10.6. The molecule has 1 aliphatic heterocycles. The predicted molar refractivity (Wildman–Crippen MR) is 77.5 cm³/mol. The summed E-state index contributed by atoms with van der Waals surface area (Å²) < 4.78 is 22.7. The van der Waals surface area contributed by atoms with E-state index >= 15 is 0 Å². The lowest BCUT2D eigenvalue weighted by Gasteiger charge is -2.28. The average Bonchev–Trinajstić information content (AvgIpc) is 2.81. The molecule has 3 rings (SSSR count). The largest absolute Gasteiger partial charge is 0.359 e. The highest BCUT2D eigenvalue weighted by molar-refractivity contribution is 5.90. The van der Waals surface area contributed by atoms with Gasteiger partial charge in [-0.1, -0.05) is 30.3 Å². The van der Waals surface area contributed by atoms with Crippen molar-refractivity contribution in [3.63, 3.8) is 0 Å². The normalized spacial score (nSPS) is 22.1. The third-order valence-corrected chi connectivity index (χ3v) is 3.64. The van der Waals surface area contributed by atoms with E-state index in [0.29, 0.717) is 0 Å². The summed E-state index contributed by atoms with van der Waals surface area (Å²) in [4.78, 5) is 3.41. The summed E-state index contributed by atoms with van der Waals surface area (Å²) in [6, 6.07) is 12.4. The molecule has 0 aliphatic carbocycles. The Morgan fingerprint density at radius 2 is 1.94 bits per heavy atom. The Hall–Kier alpha value is -1.96. The smallest absolute Gasteiger partial charge is 0.102 e. The van der Waals surface area contributed by atoms with Crippen molar-refractivity contribution in [2.24, 2.45) is 0 Å². The van der Waals surface area contributed by atoms with Gasteiger partial charge in [-0.2, -0.15) is 0 Å². The number of nitrogens with zero attached hydrogens (tertiary/aromatic N) is 2. The van der Waals surface area contributed by atoms with Crippen molar-refractivity contribution in [2.75, 3.05) is 11.9 Å². The zero-order valence-electron chi connectivity index (χ0n) is 13.6. The average molecular weight is 241 g/mol. The molecular weight excluding hydrogens is 220 g/mol. The molecule has 2 nitrogen and oxygen atoms in total. The first-order valence-corrected chi connectivity index (χ1v) is 6.13. The molecule has 0 fully saturated rings. The topological polar surface area (TPSA) is 6.48 Å². The number of hydrogen-bond acceptors (Lipinski definition) is 2. The quantitative estimate of drug-likeness (QED) is 0.751. The summed E-state index contributed by atoms with van der Waals surface area (Å²) in [6.45, 7) is 1.87. The van der Waals surface area contributed by atoms with Crippen LogP contribution in [0.25, 0.3) is 10.8 Å². The van der Waals surface area contributed by atoms with Crippen molar-refractivity contribution >= 4 is 16.5 Å². The zero-order chi connectivity index (χ0) is 15.2. The van der Waals surface area contributed by atoms with E-state index in [-0.39, 0.29) is 6.17 Å². The van der Waals surface area contributed by atoms with Gasteiger partial charge in [-0.05, 0) is 36.2 Å². The lowest BCUT2D eigenvalue weighted by atomic mass is 10.0. The molecule has 0 amide bonds. The fraction of sp³-hybridized carbons (Fsp3) is 0.250. The van der Waals surface area contributed by atoms with Gasteiger partial charge in [0.05, 0.1) is 0 Å². The van der Waals surface area contributed by atoms with Crippen LogP contribution in [0.1, 0.15) is 16.6 Å². The van der Waals surface area contributed by atoms with E-state index < -0.39 is 6.98 Å². The van der Waals surface area contributed by atoms with Gasteiger partial charge in [-0.15, -0.1) is 0 Å². The number of aryl methyl sites for hydroxylation is 1. The Morgan fingerprint density at radius 3 is 2.72 bits per heavy atom. The Bertz CT molecular complexity index is 706. The maximum Gasteiger partial charge on any atom is 0.102 e. The highest BCUT2D eigenvalue weighted by Gasteiger charge is 2.21. The molecule has 0 aromatic heterocycles. The van der Waals surface area contributed by atoms with E-state index in [0.717, 1.165) is 11.3 Å². The highest BCUT2D eigenvalue weighted by atomic mass is 15.4. The standard InChI is InChI=1S/C16H18N2/c1-12-15-7-5-4-6-14(15)8-9-16(12)18-11-10-17(3)13(18)2/h4-11,13H,1-3H3/t13-/m0/s1/i3D3. The maximum atomic E-state index is 7.58. The summed E-state index contributed by atoms with van der Waals surface area (Å²) in [5, 5.41) is 2.39. The first-order valence-electron chi connectivity index (χ1n) is 7.63. The van der Waals surface area contributed by atoms with E-state index in [4.69, 9.17) is 4.11 Å². The third kappa shape index (κ3) is 1.57. The van der Waals surface area contributed by atoms with E-state index in [1.54, 1.807) is 6.20 Å². The molecule has 1 atom stereocenters.